The molecule has 0 spiro atoms. The maximum absolute atomic E-state index is 15.2. The van der Waals surface area contributed by atoms with Crippen molar-refractivity contribution in [3.8, 4) is 22.8 Å². The van der Waals surface area contributed by atoms with Gasteiger partial charge >= 0.3 is 23.9 Å². The van der Waals surface area contributed by atoms with Crippen molar-refractivity contribution in [2.45, 2.75) is 169 Å². The molecule has 0 radical (unpaired) electrons. The molecule has 1 aliphatic rings. The van der Waals surface area contributed by atoms with E-state index in [2.05, 4.69) is 20.2 Å². The van der Waals surface area contributed by atoms with Gasteiger partial charge in [-0.1, -0.05) is 116 Å². The molecule has 1 aliphatic heterocycles. The second-order valence-corrected chi connectivity index (χ2v) is 25.6. The van der Waals surface area contributed by atoms with Gasteiger partial charge < -0.3 is 38.5 Å². The largest absolute Gasteiger partial charge is 0.451 e. The predicted octanol–water partition coefficient (Wildman–Crippen LogP) is 8.28. The predicted molar refractivity (Wildman–Crippen MR) is 344 cm³/mol. The molecular formula is C70H90N10O12. The number of pyridine rings is 2. The molecule has 0 N–H and O–H groups in total. The van der Waals surface area contributed by atoms with Crippen LogP contribution in [0.1, 0.15) is 117 Å². The first-order valence-electron chi connectivity index (χ1n) is 31.6. The summed E-state index contributed by atoms with van der Waals surface area (Å²) in [7, 11) is 5.57. The number of esters is 4. The molecule has 1 fully saturated rings. The first-order valence-corrected chi connectivity index (χ1v) is 31.6. The lowest BCUT2D eigenvalue weighted by atomic mass is 9.99. The van der Waals surface area contributed by atoms with E-state index in [9.17, 15) is 28.8 Å². The van der Waals surface area contributed by atoms with E-state index in [1.54, 1.807) is 49.1 Å². The first-order chi connectivity index (χ1) is 43.7. The molecule has 5 heterocycles. The number of hydrogen-bond acceptors (Lipinski definition) is 16. The quantitative estimate of drug-likeness (QED) is 0.0580. The average molecular weight is 1260 g/mol. The van der Waals surface area contributed by atoms with Crippen LogP contribution in [0.25, 0.3) is 22.8 Å². The van der Waals surface area contributed by atoms with Crippen molar-refractivity contribution >= 4 is 47.5 Å². The number of rotatable bonds is 18. The van der Waals surface area contributed by atoms with Crippen LogP contribution in [0.5, 0.6) is 0 Å². The molecule has 8 atom stereocenters. The minimum atomic E-state index is -1.57. The third-order valence-electron chi connectivity index (χ3n) is 16.3. The van der Waals surface area contributed by atoms with Gasteiger partial charge in [-0.15, -0.1) is 0 Å². The van der Waals surface area contributed by atoms with Gasteiger partial charge in [-0.05, 0) is 122 Å². The van der Waals surface area contributed by atoms with E-state index in [-0.39, 0.29) is 62.2 Å². The van der Waals surface area contributed by atoms with Gasteiger partial charge in [0.05, 0.1) is 35.9 Å². The van der Waals surface area contributed by atoms with Crippen LogP contribution in [-0.2, 0) is 83.2 Å². The number of carbonyl (C=O) groups is 8. The lowest BCUT2D eigenvalue weighted by Crippen LogP contribution is -2.55. The zero-order chi connectivity index (χ0) is 67.1. The fourth-order valence-electron chi connectivity index (χ4n) is 11.2. The fraction of sp³-hybridized carbons (Fsp3) is 0.486. The summed E-state index contributed by atoms with van der Waals surface area (Å²) in [5, 5.41) is 9.04. The Labute approximate surface area is 539 Å². The molecule has 0 saturated carbocycles. The lowest BCUT2D eigenvalue weighted by Gasteiger charge is -2.35. The van der Waals surface area contributed by atoms with E-state index < -0.39 is 96.1 Å². The summed E-state index contributed by atoms with van der Waals surface area (Å²) in [5.41, 5.74) is 6.03. The first kappa shape index (κ1) is 70.4. The Hall–Kier alpha value is -9.08. The van der Waals surface area contributed by atoms with Crippen molar-refractivity contribution in [3.05, 3.63) is 144 Å². The average Bonchev–Trinajstić information content (AvgIpc) is 1.06. The molecule has 92 heavy (non-hydrogen) atoms. The zero-order valence-corrected chi connectivity index (χ0v) is 55.5. The summed E-state index contributed by atoms with van der Waals surface area (Å²) in [6, 6.07) is 24.4. The van der Waals surface area contributed by atoms with Gasteiger partial charge in [-0.25, -0.2) is 19.2 Å². The molecule has 492 valence electrons. The molecule has 0 unspecified atom stereocenters. The summed E-state index contributed by atoms with van der Waals surface area (Å²) >= 11 is 0. The highest BCUT2D eigenvalue weighted by Crippen LogP contribution is 2.26. The number of likely N-dealkylation sites (N-methyl/N-ethyl adjacent to an activating group) is 4. The van der Waals surface area contributed by atoms with Crippen LogP contribution in [0.15, 0.2) is 122 Å². The lowest BCUT2D eigenvalue weighted by molar-refractivity contribution is -0.176. The molecule has 2 aromatic carbocycles. The molecule has 22 heteroatoms. The van der Waals surface area contributed by atoms with Crippen LogP contribution >= 0.6 is 0 Å². The van der Waals surface area contributed by atoms with Gasteiger partial charge in [0.1, 0.15) is 24.2 Å². The number of hydrogen-bond donors (Lipinski definition) is 0. The second-order valence-electron chi connectivity index (χ2n) is 25.6. The van der Waals surface area contributed by atoms with E-state index in [4.69, 9.17) is 18.9 Å². The Morgan fingerprint density at radius 1 is 0.370 bits per heavy atom. The van der Waals surface area contributed by atoms with Crippen molar-refractivity contribution in [2.24, 2.45) is 23.7 Å². The van der Waals surface area contributed by atoms with E-state index in [0.717, 1.165) is 53.5 Å². The van der Waals surface area contributed by atoms with Crippen molar-refractivity contribution in [2.75, 3.05) is 28.2 Å². The highest BCUT2D eigenvalue weighted by atomic mass is 16.6. The van der Waals surface area contributed by atoms with Gasteiger partial charge in [-0.2, -0.15) is 10.2 Å². The molecule has 4 aromatic heterocycles. The van der Waals surface area contributed by atoms with Crippen molar-refractivity contribution in [3.63, 3.8) is 0 Å². The highest BCUT2D eigenvalue weighted by Gasteiger charge is 2.43. The second kappa shape index (κ2) is 32.3. The minimum Gasteiger partial charge on any atom is -0.451 e. The Bertz CT molecular complexity index is 3220. The molecule has 22 nitrogen and oxygen atoms in total. The van der Waals surface area contributed by atoms with Gasteiger partial charge in [0, 0.05) is 65.8 Å². The molecule has 0 aliphatic carbocycles. The smallest absolute Gasteiger partial charge is 0.329 e. The number of benzene rings is 2. The topological polar surface area (TPSA) is 248 Å². The number of cyclic esters (lactones) is 4. The van der Waals surface area contributed by atoms with Gasteiger partial charge in [0.15, 0.2) is 24.4 Å². The third-order valence-corrected chi connectivity index (χ3v) is 16.3. The molecule has 6 aromatic rings. The maximum Gasteiger partial charge on any atom is 0.329 e. The summed E-state index contributed by atoms with van der Waals surface area (Å²) in [4.78, 5) is 132. The summed E-state index contributed by atoms with van der Waals surface area (Å²) < 4.78 is 28.1. The van der Waals surface area contributed by atoms with Gasteiger partial charge in [0.25, 0.3) is 23.6 Å². The van der Waals surface area contributed by atoms with E-state index in [1.807, 2.05) is 138 Å². The molecule has 4 amide bonds. The Balaban J connectivity index is 1.24. The third kappa shape index (κ3) is 18.6. The van der Waals surface area contributed by atoms with Crippen LogP contribution in [-0.4, -0.2) is 173 Å². The highest BCUT2D eigenvalue weighted by molar-refractivity contribution is 5.94. The van der Waals surface area contributed by atoms with Crippen molar-refractivity contribution in [1.29, 1.82) is 0 Å². The summed E-state index contributed by atoms with van der Waals surface area (Å²) in [6.07, 6.45) is 0.585. The van der Waals surface area contributed by atoms with E-state index in [1.165, 1.54) is 42.0 Å². The van der Waals surface area contributed by atoms with Crippen LogP contribution in [0.4, 0.5) is 0 Å². The molecule has 0 bridgehead atoms. The minimum absolute atomic E-state index is 0.0646. The molecule has 1 saturated heterocycles. The van der Waals surface area contributed by atoms with Gasteiger partial charge in [-0.3, -0.25) is 38.5 Å². The summed E-state index contributed by atoms with van der Waals surface area (Å²) in [5.74, 6) is -7.63. The van der Waals surface area contributed by atoms with Crippen molar-refractivity contribution < 1.29 is 57.3 Å². The van der Waals surface area contributed by atoms with E-state index >= 15 is 9.59 Å². The number of ether oxygens (including phenoxy) is 4. The van der Waals surface area contributed by atoms with E-state index in [0.29, 0.717) is 24.2 Å². The Morgan fingerprint density at radius 2 is 0.663 bits per heavy atom. The maximum atomic E-state index is 15.2. The van der Waals surface area contributed by atoms with Crippen LogP contribution in [0.2, 0.25) is 0 Å². The molecular weight excluding hydrogens is 1170 g/mol. The Morgan fingerprint density at radius 3 is 0.957 bits per heavy atom. The standard InChI is InChI=1S/C70H90N10O12/c1-43(2)35-57-67(85)89-47(9)63(81)75(11)60(38-46(7)8)70(88)92-62(40-50-23-27-52(28-24-50)42-80-56(30-34-74-80)54-20-16-18-32-72-54)66(84)78(14)58(36-44(3)4)68(86)90-48(10)64(82)76(12)59(37-45(5)6)69(87)91-61(65(83)77(57)13)39-49-21-25-51(26-22-49)41-79-55(29-33-73-79)53-19-15-17-31-71-53/h15-34,43-48,57-62H,35-42H2,1-14H3/t47-,48-,57+,58+,59+,60+,61-,62-/m1/s1. The monoisotopic (exact) mass is 1260 g/mol. The van der Waals surface area contributed by atoms with Crippen LogP contribution < -0.4 is 0 Å². The Kier molecular flexibility index (Phi) is 24.7. The fourth-order valence-corrected chi connectivity index (χ4v) is 11.2. The number of nitrogens with zero attached hydrogens (tertiary/aromatic N) is 10. The number of carbonyl (C=O) groups excluding carboxylic acids is 8. The van der Waals surface area contributed by atoms with Crippen LogP contribution in [0, 0.1) is 23.7 Å². The van der Waals surface area contributed by atoms with Crippen LogP contribution in [0.3, 0.4) is 0 Å². The summed E-state index contributed by atoms with van der Waals surface area (Å²) in [6.45, 7) is 18.3. The molecule has 7 rings (SSSR count). The number of aromatic nitrogens is 6. The van der Waals surface area contributed by atoms with Gasteiger partial charge in [0.2, 0.25) is 0 Å². The SMILES string of the molecule is CC(C)C[C@H]1C(=O)O[C@H](Cc2ccc(Cn3nccc3-c3ccccn3)cc2)C(=O)N(C)[C@@H](CC(C)C)C(=O)O[C@H](C)C(=O)N(C)[C@@H](CC(C)C)C(=O)O[C@H](Cc2ccc(Cn3nccc3-c3ccccn3)cc2)C(=O)N(C)[C@@H](CC(C)C)C(=O)O[C@H](C)C(=O)N1C. The number of amides is 4. The zero-order valence-electron chi connectivity index (χ0n) is 55.5. The van der Waals surface area contributed by atoms with Crippen molar-refractivity contribution in [1.82, 2.24) is 49.1 Å². The normalized spacial score (nSPS) is 21.7.